The normalized spacial score (nSPS) is 17.2. The molecule has 2 aliphatic carbocycles. The summed E-state index contributed by atoms with van der Waals surface area (Å²) in [7, 11) is -7.49. The molecule has 2 aromatic carbocycles. The highest BCUT2D eigenvalue weighted by Crippen LogP contribution is 2.33. The molecule has 0 spiro atoms. The van der Waals surface area contributed by atoms with Crippen molar-refractivity contribution in [1.82, 2.24) is 0 Å². The summed E-state index contributed by atoms with van der Waals surface area (Å²) < 4.78 is 49.3. The van der Waals surface area contributed by atoms with Crippen LogP contribution in [-0.2, 0) is 19.7 Å². The van der Waals surface area contributed by atoms with E-state index in [4.69, 9.17) is 5.41 Å². The van der Waals surface area contributed by atoms with Crippen LogP contribution < -0.4 is 0 Å². The first kappa shape index (κ1) is 21.7. The number of Topliss-reactive ketones (excluding diaryl/α,β-unsaturated/α-hetero) is 2. The van der Waals surface area contributed by atoms with Crippen LogP contribution in [0.25, 0.3) is 11.0 Å². The molecular weight excluding hydrogens is 452 g/mol. The summed E-state index contributed by atoms with van der Waals surface area (Å²) in [6, 6.07) is 8.72. The number of carbonyl (C=O) groups is 2. The Labute approximate surface area is 184 Å². The summed E-state index contributed by atoms with van der Waals surface area (Å²) in [6.45, 7) is 0. The summed E-state index contributed by atoms with van der Waals surface area (Å²) in [5, 5.41) is 7.73. The summed E-state index contributed by atoms with van der Waals surface area (Å²) in [5.41, 5.74) is -0.0272. The summed E-state index contributed by atoms with van der Waals surface area (Å²) in [6.07, 6.45) is 5.72. The Morgan fingerprint density at radius 3 is 2.09 bits per heavy atom. The van der Waals surface area contributed by atoms with Crippen molar-refractivity contribution in [3.8, 4) is 0 Å². The van der Waals surface area contributed by atoms with Crippen LogP contribution in [0.3, 0.4) is 0 Å². The van der Waals surface area contributed by atoms with Gasteiger partial charge < -0.3 is 0 Å². The van der Waals surface area contributed by atoms with E-state index in [1.54, 1.807) is 12.1 Å². The fraction of sp³-hybridized carbons (Fsp3) is 0.0909. The van der Waals surface area contributed by atoms with Gasteiger partial charge in [-0.2, -0.15) is 0 Å². The van der Waals surface area contributed by atoms with Gasteiger partial charge in [0.25, 0.3) is 0 Å². The van der Waals surface area contributed by atoms with Gasteiger partial charge in [0.05, 0.1) is 15.5 Å². The van der Waals surface area contributed by atoms with Gasteiger partial charge in [0.15, 0.2) is 19.7 Å². The predicted molar refractivity (Wildman–Crippen MR) is 121 cm³/mol. The van der Waals surface area contributed by atoms with E-state index in [0.29, 0.717) is 0 Å². The van der Waals surface area contributed by atoms with Gasteiger partial charge in [-0.3, -0.25) is 15.0 Å². The second-order valence-corrected chi connectivity index (χ2v) is 11.4. The van der Waals surface area contributed by atoms with Gasteiger partial charge in [0, 0.05) is 34.8 Å². The van der Waals surface area contributed by atoms with Crippen LogP contribution in [0.4, 0.5) is 5.69 Å². The van der Waals surface area contributed by atoms with E-state index in [1.807, 2.05) is 0 Å². The molecule has 0 atom stereocenters. The third-order valence-electron chi connectivity index (χ3n) is 5.02. The molecule has 0 saturated carbocycles. The van der Waals surface area contributed by atoms with E-state index < -0.39 is 31.2 Å². The smallest absolute Gasteiger partial charge is 0.212 e. The quantitative estimate of drug-likeness (QED) is 0.735. The molecule has 162 valence electrons. The minimum atomic E-state index is -3.78. The molecule has 0 aromatic heterocycles. The van der Waals surface area contributed by atoms with Crippen molar-refractivity contribution in [2.75, 3.05) is 12.5 Å². The first-order chi connectivity index (χ1) is 14.9. The minimum Gasteiger partial charge on any atom is -0.297 e. The maximum atomic E-state index is 13.0. The second-order valence-electron chi connectivity index (χ2n) is 7.41. The van der Waals surface area contributed by atoms with Crippen LogP contribution in [0, 0.1) is 5.41 Å². The van der Waals surface area contributed by atoms with Gasteiger partial charge in [0.1, 0.15) is 11.4 Å². The topological polar surface area (TPSA) is 139 Å². The van der Waals surface area contributed by atoms with Crippen LogP contribution >= 0.6 is 0 Å². The van der Waals surface area contributed by atoms with Crippen LogP contribution in [0.5, 0.6) is 0 Å². The molecule has 2 aliphatic rings. The lowest BCUT2D eigenvalue weighted by Crippen LogP contribution is -2.21. The van der Waals surface area contributed by atoms with Gasteiger partial charge in [-0.25, -0.2) is 21.8 Å². The van der Waals surface area contributed by atoms with Crippen molar-refractivity contribution in [2.24, 2.45) is 4.99 Å². The average Bonchev–Trinajstić information content (AvgIpc) is 2.71. The van der Waals surface area contributed by atoms with Crippen molar-refractivity contribution < 1.29 is 26.4 Å². The molecule has 10 heteroatoms. The highest BCUT2D eigenvalue weighted by Gasteiger charge is 2.30. The number of ketones is 2. The third-order valence-corrected chi connectivity index (χ3v) is 7.29. The highest BCUT2D eigenvalue weighted by atomic mass is 32.2. The zero-order chi connectivity index (χ0) is 23.4. The molecule has 0 unspecified atom stereocenters. The molecule has 0 saturated heterocycles. The van der Waals surface area contributed by atoms with Crippen LogP contribution in [0.1, 0.15) is 31.8 Å². The fourth-order valence-corrected chi connectivity index (χ4v) is 5.38. The average molecular weight is 469 g/mol. The molecule has 32 heavy (non-hydrogen) atoms. The van der Waals surface area contributed by atoms with E-state index in [0.717, 1.165) is 18.6 Å². The zero-order valence-corrected chi connectivity index (χ0v) is 18.5. The number of benzene rings is 2. The molecule has 0 heterocycles. The molecule has 0 radical (unpaired) electrons. The summed E-state index contributed by atoms with van der Waals surface area (Å²) >= 11 is 0. The Hall–Kier alpha value is -3.50. The molecular formula is C22H16N2O6S2. The summed E-state index contributed by atoms with van der Waals surface area (Å²) in [4.78, 5) is 29.4. The largest absolute Gasteiger partial charge is 0.297 e. The fourth-order valence-electron chi connectivity index (χ4n) is 3.56. The van der Waals surface area contributed by atoms with Crippen molar-refractivity contribution in [1.29, 1.82) is 5.41 Å². The number of sulfone groups is 2. The van der Waals surface area contributed by atoms with Crippen molar-refractivity contribution in [2.45, 2.75) is 4.90 Å². The molecule has 2 aromatic rings. The first-order valence-electron chi connectivity index (χ1n) is 9.22. The molecule has 1 N–H and O–H groups in total. The Morgan fingerprint density at radius 2 is 1.47 bits per heavy atom. The number of fused-ring (bicyclic) bond motifs is 2. The van der Waals surface area contributed by atoms with Crippen LogP contribution in [-0.4, -0.2) is 52.3 Å². The third kappa shape index (κ3) is 3.67. The SMILES string of the molecule is CS(=O)(=O)C1=C/C(=N/c2cc3c(c(S(C)(=O)=O)c2)C=CC(=N)C3=O)C(=O)c2ccccc21. The molecule has 0 fully saturated rings. The predicted octanol–water partition coefficient (Wildman–Crippen LogP) is 2.67. The van der Waals surface area contributed by atoms with Gasteiger partial charge in [-0.05, 0) is 24.3 Å². The number of nitrogens with zero attached hydrogens (tertiary/aromatic N) is 1. The lowest BCUT2D eigenvalue weighted by molar-refractivity contribution is 0.105. The Balaban J connectivity index is 1.99. The maximum absolute atomic E-state index is 13.0. The van der Waals surface area contributed by atoms with Crippen LogP contribution in [0.2, 0.25) is 0 Å². The molecule has 8 nitrogen and oxygen atoms in total. The minimum absolute atomic E-state index is 0.0209. The van der Waals surface area contributed by atoms with Crippen molar-refractivity contribution in [3.05, 3.63) is 70.8 Å². The van der Waals surface area contributed by atoms with Crippen molar-refractivity contribution >= 4 is 59.3 Å². The monoisotopic (exact) mass is 468 g/mol. The molecule has 4 rings (SSSR count). The number of nitrogens with one attached hydrogen (secondary N) is 1. The number of aliphatic imine (C=N–C) groups is 1. The van der Waals surface area contributed by atoms with Gasteiger partial charge in [-0.1, -0.05) is 30.3 Å². The van der Waals surface area contributed by atoms with Crippen LogP contribution in [0.15, 0.2) is 58.4 Å². The first-order valence-corrected chi connectivity index (χ1v) is 13.0. The standard InChI is InChI=1S/C22H16N2O6S2/c1-31(27,28)19-10-12(9-16-14(19)7-8-17(23)21(16)25)24-18-11-20(32(2,29)30)13-5-3-4-6-15(13)22(18)26/h3-11,23H,1-2H3/b23-17?,24-18-. The highest BCUT2D eigenvalue weighted by molar-refractivity contribution is 8.00. The van der Waals surface area contributed by atoms with Crippen molar-refractivity contribution in [3.63, 3.8) is 0 Å². The molecule has 0 bridgehead atoms. The lowest BCUT2D eigenvalue weighted by Gasteiger charge is -2.18. The molecule has 0 amide bonds. The van der Waals surface area contributed by atoms with Gasteiger partial charge in [-0.15, -0.1) is 0 Å². The van der Waals surface area contributed by atoms with E-state index in [2.05, 4.69) is 4.99 Å². The number of carbonyl (C=O) groups excluding carboxylic acids is 2. The Bertz CT molecular complexity index is 1560. The zero-order valence-electron chi connectivity index (χ0n) is 16.9. The Morgan fingerprint density at radius 1 is 0.812 bits per heavy atom. The Kier molecular flexibility index (Phi) is 4.94. The second kappa shape index (κ2) is 7.28. The van der Waals surface area contributed by atoms with E-state index in [1.165, 1.54) is 36.4 Å². The number of allylic oxidation sites excluding steroid dienone is 2. The maximum Gasteiger partial charge on any atom is 0.212 e. The van der Waals surface area contributed by atoms with Gasteiger partial charge in [0.2, 0.25) is 11.6 Å². The molecule has 0 aliphatic heterocycles. The van der Waals surface area contributed by atoms with E-state index in [9.17, 15) is 26.4 Å². The lowest BCUT2D eigenvalue weighted by atomic mass is 9.93. The van der Waals surface area contributed by atoms with E-state index in [-0.39, 0.29) is 49.2 Å². The number of hydrogen-bond donors (Lipinski definition) is 1. The number of hydrogen-bond acceptors (Lipinski definition) is 8. The summed E-state index contributed by atoms with van der Waals surface area (Å²) in [5.74, 6) is -1.22. The van der Waals surface area contributed by atoms with E-state index >= 15 is 0 Å². The number of rotatable bonds is 3. The van der Waals surface area contributed by atoms with Gasteiger partial charge >= 0.3 is 0 Å².